The van der Waals surface area contributed by atoms with Gasteiger partial charge in [0.15, 0.2) is 5.82 Å². The minimum atomic E-state index is -0.0508. The number of hydrogen-bond acceptors (Lipinski definition) is 6. The molecule has 0 radical (unpaired) electrons. The lowest BCUT2D eigenvalue weighted by atomic mass is 10.0. The van der Waals surface area contributed by atoms with E-state index in [1.165, 1.54) is 23.3 Å². The largest absolute Gasteiger partial charge is 0.284 e. The molecule has 1 aliphatic rings. The Kier molecular flexibility index (Phi) is 6.65. The number of thiophene rings is 1. The van der Waals surface area contributed by atoms with E-state index < -0.39 is 0 Å². The number of rotatable bonds is 9. The Morgan fingerprint density at radius 3 is 2.66 bits per heavy atom. The first kappa shape index (κ1) is 21.0. The minimum Gasteiger partial charge on any atom is -0.284 e. The normalized spacial score (nSPS) is 15.4. The zero-order chi connectivity index (χ0) is 21.6. The lowest BCUT2D eigenvalue weighted by molar-refractivity contribution is 0.204. The van der Waals surface area contributed by atoms with E-state index in [9.17, 15) is 0 Å². The molecule has 1 fully saturated rings. The van der Waals surface area contributed by atoms with Crippen LogP contribution in [0.3, 0.4) is 0 Å². The zero-order valence-electron chi connectivity index (χ0n) is 18.1. The maximum atomic E-state index is 4.58. The van der Waals surface area contributed by atoms with Crippen molar-refractivity contribution in [2.75, 3.05) is 6.54 Å². The first-order valence-electron chi connectivity index (χ1n) is 11.4. The third-order valence-electron chi connectivity index (χ3n) is 6.27. The van der Waals surface area contributed by atoms with E-state index in [2.05, 4.69) is 84.0 Å². The topological polar surface area (TPSA) is 59.7 Å². The van der Waals surface area contributed by atoms with Crippen molar-refractivity contribution in [2.45, 2.75) is 50.7 Å². The molecule has 3 aromatic heterocycles. The van der Waals surface area contributed by atoms with Crippen LogP contribution in [-0.4, -0.2) is 36.6 Å². The monoisotopic (exact) mass is 444 g/mol. The van der Waals surface area contributed by atoms with E-state index >= 15 is 0 Å². The van der Waals surface area contributed by atoms with Gasteiger partial charge in [0.05, 0.1) is 12.1 Å². The van der Waals surface area contributed by atoms with Crippen molar-refractivity contribution >= 4 is 11.3 Å². The van der Waals surface area contributed by atoms with Crippen molar-refractivity contribution < 1.29 is 0 Å². The number of pyridine rings is 1. The van der Waals surface area contributed by atoms with E-state index in [0.717, 1.165) is 43.7 Å². The van der Waals surface area contributed by atoms with E-state index in [1.807, 2.05) is 18.5 Å². The third kappa shape index (κ3) is 4.79. The quantitative estimate of drug-likeness (QED) is 0.360. The highest BCUT2D eigenvalue weighted by Crippen LogP contribution is 2.34. The fourth-order valence-electron chi connectivity index (χ4n) is 4.67. The smallest absolute Gasteiger partial charge is 0.173 e. The summed E-state index contributed by atoms with van der Waals surface area (Å²) in [4.78, 5) is 8.29. The molecular weight excluding hydrogens is 416 g/mol. The summed E-state index contributed by atoms with van der Waals surface area (Å²) in [7, 11) is 0. The minimum absolute atomic E-state index is 0.0508. The molecule has 0 amide bonds. The first-order valence-corrected chi connectivity index (χ1v) is 12.2. The third-order valence-corrected chi connectivity index (χ3v) is 7.13. The summed E-state index contributed by atoms with van der Waals surface area (Å²) in [6.45, 7) is 1.75. The Morgan fingerprint density at radius 1 is 1.03 bits per heavy atom. The zero-order valence-corrected chi connectivity index (χ0v) is 18.9. The van der Waals surface area contributed by atoms with Crippen LogP contribution in [0.15, 0.2) is 72.4 Å². The SMILES string of the molecule is c1ccc(CCN(Cc2cccs2)[C@@H](c2cccnc2)c2nnnn2C2CCCC2)cc1. The van der Waals surface area contributed by atoms with E-state index in [4.69, 9.17) is 0 Å². The van der Waals surface area contributed by atoms with E-state index in [0.29, 0.717) is 6.04 Å². The first-order chi connectivity index (χ1) is 15.9. The second-order valence-corrected chi connectivity index (χ2v) is 9.43. The average molecular weight is 445 g/mol. The lowest BCUT2D eigenvalue weighted by Gasteiger charge is -2.31. The highest BCUT2D eigenvalue weighted by molar-refractivity contribution is 7.09. The summed E-state index contributed by atoms with van der Waals surface area (Å²) in [5.41, 5.74) is 2.47. The van der Waals surface area contributed by atoms with Gasteiger partial charge in [-0.3, -0.25) is 9.88 Å². The Labute approximate surface area is 192 Å². The van der Waals surface area contributed by atoms with Crippen molar-refractivity contribution in [3.63, 3.8) is 0 Å². The fourth-order valence-corrected chi connectivity index (χ4v) is 5.40. The molecule has 6 nitrogen and oxygen atoms in total. The van der Waals surface area contributed by atoms with Gasteiger partial charge >= 0.3 is 0 Å². The summed E-state index contributed by atoms with van der Waals surface area (Å²) in [5.74, 6) is 0.925. The van der Waals surface area contributed by atoms with Gasteiger partial charge in [0.2, 0.25) is 0 Å². The Hall–Kier alpha value is -2.90. The van der Waals surface area contributed by atoms with Gasteiger partial charge in [-0.25, -0.2) is 4.68 Å². The molecule has 1 saturated carbocycles. The van der Waals surface area contributed by atoms with Gasteiger partial charge in [0.1, 0.15) is 0 Å². The molecule has 4 aromatic rings. The van der Waals surface area contributed by atoms with Crippen molar-refractivity contribution in [2.24, 2.45) is 0 Å². The molecule has 1 aliphatic carbocycles. The molecule has 32 heavy (non-hydrogen) atoms. The number of nitrogens with zero attached hydrogens (tertiary/aromatic N) is 6. The van der Waals surface area contributed by atoms with Crippen molar-refractivity contribution in [3.05, 3.63) is 94.2 Å². The second kappa shape index (κ2) is 10.1. The molecule has 1 atom stereocenters. The molecule has 7 heteroatoms. The molecule has 5 rings (SSSR count). The van der Waals surface area contributed by atoms with Crippen molar-refractivity contribution in [3.8, 4) is 0 Å². The highest BCUT2D eigenvalue weighted by atomic mass is 32.1. The molecule has 1 aromatic carbocycles. The summed E-state index contributed by atoms with van der Waals surface area (Å²) in [6.07, 6.45) is 9.53. The van der Waals surface area contributed by atoms with Crippen molar-refractivity contribution in [1.29, 1.82) is 0 Å². The van der Waals surface area contributed by atoms with Crippen LogP contribution in [0.2, 0.25) is 0 Å². The number of hydrogen-bond donors (Lipinski definition) is 0. The van der Waals surface area contributed by atoms with Gasteiger partial charge in [-0.2, -0.15) is 0 Å². The molecule has 164 valence electrons. The summed E-state index contributed by atoms with van der Waals surface area (Å²) >= 11 is 1.80. The van der Waals surface area contributed by atoms with Gasteiger partial charge < -0.3 is 0 Å². The Morgan fingerprint density at radius 2 is 1.91 bits per heavy atom. The summed E-state index contributed by atoms with van der Waals surface area (Å²) in [6, 6.07) is 19.5. The number of benzene rings is 1. The van der Waals surface area contributed by atoms with Crippen LogP contribution in [0.25, 0.3) is 0 Å². The van der Waals surface area contributed by atoms with Gasteiger partial charge in [0, 0.05) is 30.4 Å². The van der Waals surface area contributed by atoms with E-state index in [1.54, 1.807) is 11.3 Å². The molecular formula is C25H28N6S. The predicted octanol–water partition coefficient (Wildman–Crippen LogP) is 5.08. The standard InChI is InChI=1S/C25H28N6S/c1-2-8-20(9-3-1)14-16-30(19-23-13-7-17-32-23)24(21-10-6-15-26-18-21)25-27-28-29-31(25)22-11-4-5-12-22/h1-3,6-10,13,15,17-18,22,24H,4-5,11-12,14,16,19H2/t24-/m0/s1. The molecule has 0 spiro atoms. The predicted molar refractivity (Wildman–Crippen MR) is 126 cm³/mol. The fraction of sp³-hybridized carbons (Fsp3) is 0.360. The van der Waals surface area contributed by atoms with Gasteiger partial charge in [-0.05, 0) is 58.3 Å². The molecule has 0 aliphatic heterocycles. The lowest BCUT2D eigenvalue weighted by Crippen LogP contribution is -2.33. The van der Waals surface area contributed by atoms with Gasteiger partial charge in [-0.1, -0.05) is 55.3 Å². The molecule has 0 saturated heterocycles. The van der Waals surface area contributed by atoms with Crippen LogP contribution in [0.4, 0.5) is 0 Å². The maximum absolute atomic E-state index is 4.58. The Bertz CT molecular complexity index is 1070. The van der Waals surface area contributed by atoms with Crippen LogP contribution < -0.4 is 0 Å². The van der Waals surface area contributed by atoms with Crippen LogP contribution in [0, 0.1) is 0 Å². The van der Waals surface area contributed by atoms with Gasteiger partial charge in [-0.15, -0.1) is 16.4 Å². The second-order valence-electron chi connectivity index (χ2n) is 8.39. The number of tetrazole rings is 1. The van der Waals surface area contributed by atoms with Crippen molar-refractivity contribution in [1.82, 2.24) is 30.1 Å². The molecule has 0 unspecified atom stereocenters. The molecule has 0 N–H and O–H groups in total. The molecule has 0 bridgehead atoms. The van der Waals surface area contributed by atoms with Crippen LogP contribution in [0.1, 0.15) is 59.6 Å². The Balaban J connectivity index is 1.52. The average Bonchev–Trinajstić information content (AvgIpc) is 3.62. The highest BCUT2D eigenvalue weighted by Gasteiger charge is 2.31. The van der Waals surface area contributed by atoms with Crippen LogP contribution in [0.5, 0.6) is 0 Å². The summed E-state index contributed by atoms with van der Waals surface area (Å²) in [5, 5.41) is 15.3. The van der Waals surface area contributed by atoms with Crippen LogP contribution in [-0.2, 0) is 13.0 Å². The van der Waals surface area contributed by atoms with Gasteiger partial charge in [0.25, 0.3) is 0 Å². The van der Waals surface area contributed by atoms with Crippen LogP contribution >= 0.6 is 11.3 Å². The van der Waals surface area contributed by atoms with E-state index in [-0.39, 0.29) is 6.04 Å². The molecule has 3 heterocycles. The number of aromatic nitrogens is 5. The summed E-state index contributed by atoms with van der Waals surface area (Å²) < 4.78 is 2.09. The maximum Gasteiger partial charge on any atom is 0.173 e.